The molecule has 0 aliphatic heterocycles. The summed E-state index contributed by atoms with van der Waals surface area (Å²) in [6.45, 7) is 2.11. The molecule has 0 spiro atoms. The number of hydrogen-bond acceptors (Lipinski definition) is 4. The number of aromatic amines is 1. The number of rotatable bonds is 4. The van der Waals surface area contributed by atoms with Crippen molar-refractivity contribution in [2.24, 2.45) is 0 Å². The monoisotopic (exact) mass is 296 g/mol. The Kier molecular flexibility index (Phi) is 3.29. The molecule has 1 aliphatic carbocycles. The van der Waals surface area contributed by atoms with Crippen molar-refractivity contribution in [1.82, 2.24) is 24.7 Å². The largest absolute Gasteiger partial charge is 0.360 e. The van der Waals surface area contributed by atoms with Crippen LogP contribution in [0.1, 0.15) is 50.5 Å². The van der Waals surface area contributed by atoms with E-state index in [1.165, 1.54) is 25.7 Å². The molecule has 1 fully saturated rings. The Bertz CT molecular complexity index is 768. The van der Waals surface area contributed by atoms with E-state index in [2.05, 4.69) is 43.0 Å². The average Bonchev–Trinajstić information content (AvgIpc) is 3.26. The number of fused-ring (bicyclic) bond motifs is 1. The van der Waals surface area contributed by atoms with Gasteiger partial charge >= 0.3 is 0 Å². The number of H-pyrrole nitrogens is 1. The van der Waals surface area contributed by atoms with Gasteiger partial charge in [0.15, 0.2) is 5.82 Å². The van der Waals surface area contributed by atoms with Gasteiger partial charge < -0.3 is 14.9 Å². The van der Waals surface area contributed by atoms with Crippen LogP contribution in [0.4, 0.5) is 5.82 Å². The van der Waals surface area contributed by atoms with Crippen LogP contribution in [0.5, 0.6) is 0 Å². The molecule has 0 radical (unpaired) electrons. The number of pyridine rings is 1. The minimum atomic E-state index is 0.0722. The molecule has 114 valence electrons. The second-order valence-corrected chi connectivity index (χ2v) is 6.01. The molecule has 0 aromatic carbocycles. The van der Waals surface area contributed by atoms with E-state index in [4.69, 9.17) is 0 Å². The molecular weight excluding hydrogens is 276 g/mol. The van der Waals surface area contributed by atoms with Crippen LogP contribution in [0.2, 0.25) is 0 Å². The van der Waals surface area contributed by atoms with Gasteiger partial charge in [0.2, 0.25) is 0 Å². The number of aromatic nitrogens is 5. The van der Waals surface area contributed by atoms with Gasteiger partial charge in [-0.1, -0.05) is 12.8 Å². The van der Waals surface area contributed by atoms with E-state index in [0.29, 0.717) is 6.04 Å². The molecule has 6 heteroatoms. The Balaban J connectivity index is 1.56. The smallest absolute Gasteiger partial charge is 0.155 e. The molecule has 1 saturated carbocycles. The van der Waals surface area contributed by atoms with Crippen molar-refractivity contribution in [1.29, 1.82) is 0 Å². The van der Waals surface area contributed by atoms with Gasteiger partial charge in [0, 0.05) is 17.6 Å². The molecule has 2 N–H and O–H groups in total. The highest BCUT2D eigenvalue weighted by Crippen LogP contribution is 2.31. The van der Waals surface area contributed by atoms with Crippen LogP contribution in [0.15, 0.2) is 30.7 Å². The summed E-state index contributed by atoms with van der Waals surface area (Å²) < 4.78 is 2.23. The van der Waals surface area contributed by atoms with Crippen molar-refractivity contribution in [2.45, 2.75) is 44.7 Å². The average molecular weight is 296 g/mol. The normalized spacial score (nSPS) is 17.1. The minimum absolute atomic E-state index is 0.0722. The molecule has 3 aromatic heterocycles. The Labute approximate surface area is 129 Å². The van der Waals surface area contributed by atoms with E-state index < -0.39 is 0 Å². The van der Waals surface area contributed by atoms with Crippen LogP contribution < -0.4 is 5.32 Å². The lowest BCUT2D eigenvalue weighted by molar-refractivity contribution is 0.488. The Morgan fingerprint density at radius 2 is 2.14 bits per heavy atom. The maximum atomic E-state index is 4.59. The third kappa shape index (κ3) is 2.34. The van der Waals surface area contributed by atoms with E-state index in [9.17, 15) is 0 Å². The third-order valence-electron chi connectivity index (χ3n) is 4.48. The van der Waals surface area contributed by atoms with Crippen molar-refractivity contribution >= 4 is 16.9 Å². The first-order valence-electron chi connectivity index (χ1n) is 7.91. The van der Waals surface area contributed by atoms with Crippen molar-refractivity contribution < 1.29 is 0 Å². The highest BCUT2D eigenvalue weighted by molar-refractivity contribution is 5.77. The zero-order chi connectivity index (χ0) is 14.9. The predicted octanol–water partition coefficient (Wildman–Crippen LogP) is 3.44. The van der Waals surface area contributed by atoms with Gasteiger partial charge in [-0.3, -0.25) is 0 Å². The number of nitrogens with one attached hydrogen (secondary N) is 2. The third-order valence-corrected chi connectivity index (χ3v) is 4.48. The van der Waals surface area contributed by atoms with Gasteiger partial charge in [-0.05, 0) is 38.0 Å². The second kappa shape index (κ2) is 5.44. The fourth-order valence-corrected chi connectivity index (χ4v) is 3.32. The van der Waals surface area contributed by atoms with Crippen molar-refractivity contribution in [3.05, 3.63) is 36.5 Å². The lowest BCUT2D eigenvalue weighted by atomic mass is 10.2. The standard InChI is InChI=1S/C16H20N6/c1-11(16-21-18-10-22(16)13-4-2-3-5-13)19-14-7-6-12-8-9-17-15(12)20-14/h6-11,13H,2-5H2,1H3,(H2,17,19,20). The fourth-order valence-electron chi connectivity index (χ4n) is 3.32. The van der Waals surface area contributed by atoms with E-state index in [1.807, 2.05) is 24.7 Å². The molecule has 6 nitrogen and oxygen atoms in total. The van der Waals surface area contributed by atoms with Crippen molar-refractivity contribution in [2.75, 3.05) is 5.32 Å². The first-order valence-corrected chi connectivity index (χ1v) is 7.91. The van der Waals surface area contributed by atoms with Gasteiger partial charge in [-0.2, -0.15) is 0 Å². The second-order valence-electron chi connectivity index (χ2n) is 6.01. The quantitative estimate of drug-likeness (QED) is 0.773. The zero-order valence-electron chi connectivity index (χ0n) is 12.7. The van der Waals surface area contributed by atoms with Gasteiger partial charge in [0.25, 0.3) is 0 Å². The van der Waals surface area contributed by atoms with Crippen molar-refractivity contribution in [3.63, 3.8) is 0 Å². The molecule has 3 aromatic rings. The molecular formula is C16H20N6. The summed E-state index contributed by atoms with van der Waals surface area (Å²) in [6.07, 6.45) is 8.83. The van der Waals surface area contributed by atoms with Gasteiger partial charge in [-0.15, -0.1) is 10.2 Å². The summed E-state index contributed by atoms with van der Waals surface area (Å²) in [4.78, 5) is 7.73. The Hall–Kier alpha value is -2.37. The predicted molar refractivity (Wildman–Crippen MR) is 85.7 cm³/mol. The van der Waals surface area contributed by atoms with E-state index in [0.717, 1.165) is 22.7 Å². The molecule has 0 bridgehead atoms. The summed E-state index contributed by atoms with van der Waals surface area (Å²) in [6, 6.07) is 6.71. The Morgan fingerprint density at radius 3 is 3.00 bits per heavy atom. The minimum Gasteiger partial charge on any atom is -0.360 e. The maximum absolute atomic E-state index is 4.59. The highest BCUT2D eigenvalue weighted by atomic mass is 15.3. The van der Waals surface area contributed by atoms with Crippen LogP contribution >= 0.6 is 0 Å². The number of nitrogens with zero attached hydrogens (tertiary/aromatic N) is 4. The first-order chi connectivity index (χ1) is 10.8. The molecule has 1 unspecified atom stereocenters. The molecule has 0 saturated heterocycles. The summed E-state index contributed by atoms with van der Waals surface area (Å²) in [5.74, 6) is 1.84. The number of anilines is 1. The maximum Gasteiger partial charge on any atom is 0.155 e. The summed E-state index contributed by atoms with van der Waals surface area (Å²) >= 11 is 0. The molecule has 4 rings (SSSR count). The topological polar surface area (TPSA) is 71.4 Å². The SMILES string of the molecule is CC(Nc1ccc2cc[nH]c2n1)c1nncn1C1CCCC1. The van der Waals surface area contributed by atoms with E-state index in [-0.39, 0.29) is 6.04 Å². The first kappa shape index (κ1) is 13.3. The zero-order valence-corrected chi connectivity index (χ0v) is 12.7. The van der Waals surface area contributed by atoms with Crippen LogP contribution in [-0.2, 0) is 0 Å². The fraction of sp³-hybridized carbons (Fsp3) is 0.438. The number of hydrogen-bond donors (Lipinski definition) is 2. The van der Waals surface area contributed by atoms with Crippen LogP contribution in [0.25, 0.3) is 11.0 Å². The lowest BCUT2D eigenvalue weighted by Crippen LogP contribution is -2.16. The molecule has 22 heavy (non-hydrogen) atoms. The van der Waals surface area contributed by atoms with Crippen LogP contribution in [0, 0.1) is 0 Å². The van der Waals surface area contributed by atoms with Gasteiger partial charge in [0.1, 0.15) is 17.8 Å². The molecule has 3 heterocycles. The lowest BCUT2D eigenvalue weighted by Gasteiger charge is -2.19. The van der Waals surface area contributed by atoms with Gasteiger partial charge in [0.05, 0.1) is 6.04 Å². The molecule has 0 amide bonds. The molecule has 1 aliphatic rings. The van der Waals surface area contributed by atoms with Crippen LogP contribution in [0.3, 0.4) is 0 Å². The van der Waals surface area contributed by atoms with E-state index >= 15 is 0 Å². The summed E-state index contributed by atoms with van der Waals surface area (Å²) in [5, 5.41) is 13.0. The van der Waals surface area contributed by atoms with Crippen molar-refractivity contribution in [3.8, 4) is 0 Å². The molecule has 1 atom stereocenters. The Morgan fingerprint density at radius 1 is 1.27 bits per heavy atom. The van der Waals surface area contributed by atoms with Gasteiger partial charge in [-0.25, -0.2) is 4.98 Å². The highest BCUT2D eigenvalue weighted by Gasteiger charge is 2.22. The van der Waals surface area contributed by atoms with E-state index in [1.54, 1.807) is 0 Å². The summed E-state index contributed by atoms with van der Waals surface area (Å²) in [5.41, 5.74) is 0.898. The summed E-state index contributed by atoms with van der Waals surface area (Å²) in [7, 11) is 0. The van der Waals surface area contributed by atoms with Crippen LogP contribution in [-0.4, -0.2) is 24.7 Å².